The number of hydrogen-bond donors (Lipinski definition) is 1. The number of nitrogens with zero attached hydrogens (tertiary/aromatic N) is 1. The van der Waals surface area contributed by atoms with Gasteiger partial charge in [0.2, 0.25) is 5.91 Å². The van der Waals surface area contributed by atoms with Gasteiger partial charge in [0.05, 0.1) is 19.2 Å². The highest BCUT2D eigenvalue weighted by Gasteiger charge is 2.22. The molecule has 1 N–H and O–H groups in total. The van der Waals surface area contributed by atoms with Crippen molar-refractivity contribution in [3.05, 3.63) is 65.9 Å². The lowest BCUT2D eigenvalue weighted by Crippen LogP contribution is -2.23. The van der Waals surface area contributed by atoms with Crippen LogP contribution in [0.1, 0.15) is 24.0 Å². The summed E-state index contributed by atoms with van der Waals surface area (Å²) in [5.41, 5.74) is 3.13. The summed E-state index contributed by atoms with van der Waals surface area (Å²) in [5.74, 6) is 2.36. The summed E-state index contributed by atoms with van der Waals surface area (Å²) in [5, 5.41) is 4.03. The molecule has 0 bridgehead atoms. The Bertz CT molecular complexity index is 1060. The number of rotatable bonds is 9. The molecule has 0 unspecified atom stereocenters. The monoisotopic (exact) mass is 404 g/mol. The van der Waals surface area contributed by atoms with Crippen molar-refractivity contribution in [2.75, 3.05) is 20.3 Å². The van der Waals surface area contributed by atoms with Crippen LogP contribution in [0.15, 0.2) is 54.7 Å². The van der Waals surface area contributed by atoms with E-state index in [0.29, 0.717) is 6.54 Å². The molecule has 1 fully saturated rings. The molecule has 156 valence electrons. The van der Waals surface area contributed by atoms with Crippen LogP contribution in [0.25, 0.3) is 17.0 Å². The molecule has 0 spiro atoms. The van der Waals surface area contributed by atoms with E-state index in [1.807, 2.05) is 60.3 Å². The molecule has 30 heavy (non-hydrogen) atoms. The van der Waals surface area contributed by atoms with Crippen LogP contribution in [0.4, 0.5) is 0 Å². The largest absolute Gasteiger partial charge is 0.495 e. The molecular formula is C25H28N2O3. The Balaban J connectivity index is 1.34. The summed E-state index contributed by atoms with van der Waals surface area (Å²) < 4.78 is 13.4. The number of methoxy groups -OCH3 is 1. The number of carbonyl (C=O) groups is 1. The zero-order chi connectivity index (χ0) is 20.9. The average molecular weight is 405 g/mol. The van der Waals surface area contributed by atoms with Crippen LogP contribution >= 0.6 is 0 Å². The molecule has 1 aromatic heterocycles. The normalized spacial score (nSPS) is 13.7. The van der Waals surface area contributed by atoms with E-state index in [2.05, 4.69) is 11.4 Å². The summed E-state index contributed by atoms with van der Waals surface area (Å²) in [6.07, 6.45) is 8.73. The van der Waals surface area contributed by atoms with Gasteiger partial charge < -0.3 is 19.4 Å². The first-order valence-electron chi connectivity index (χ1n) is 10.4. The van der Waals surface area contributed by atoms with Crippen LogP contribution < -0.4 is 14.8 Å². The molecule has 0 atom stereocenters. The van der Waals surface area contributed by atoms with Crippen LogP contribution in [0.5, 0.6) is 11.5 Å². The number of ether oxygens (including phenoxy) is 2. The maximum Gasteiger partial charge on any atom is 0.244 e. The van der Waals surface area contributed by atoms with E-state index in [0.717, 1.165) is 52.5 Å². The van der Waals surface area contributed by atoms with Crippen molar-refractivity contribution in [2.45, 2.75) is 19.3 Å². The maximum atomic E-state index is 12.3. The lowest BCUT2D eigenvalue weighted by molar-refractivity contribution is -0.116. The molecule has 5 nitrogen and oxygen atoms in total. The van der Waals surface area contributed by atoms with Crippen LogP contribution in [-0.4, -0.2) is 30.7 Å². The third-order valence-electron chi connectivity index (χ3n) is 5.47. The molecule has 2 aromatic carbocycles. The highest BCUT2D eigenvalue weighted by atomic mass is 16.5. The summed E-state index contributed by atoms with van der Waals surface area (Å²) in [6, 6.07) is 14.0. The molecule has 1 aliphatic carbocycles. The summed E-state index contributed by atoms with van der Waals surface area (Å²) in [7, 11) is 3.64. The van der Waals surface area contributed by atoms with Crippen molar-refractivity contribution < 1.29 is 14.3 Å². The van der Waals surface area contributed by atoms with Crippen molar-refractivity contribution >= 4 is 22.9 Å². The molecule has 3 aromatic rings. The van der Waals surface area contributed by atoms with E-state index in [4.69, 9.17) is 9.47 Å². The lowest BCUT2D eigenvalue weighted by Gasteiger charge is -2.11. The maximum absolute atomic E-state index is 12.3. The number of amides is 1. The summed E-state index contributed by atoms with van der Waals surface area (Å²) in [6.45, 7) is 1.36. The van der Waals surface area contributed by atoms with Gasteiger partial charge in [-0.1, -0.05) is 30.3 Å². The van der Waals surface area contributed by atoms with Crippen LogP contribution in [0, 0.1) is 5.92 Å². The first-order valence-corrected chi connectivity index (χ1v) is 10.4. The Morgan fingerprint density at radius 3 is 2.77 bits per heavy atom. The second kappa shape index (κ2) is 9.08. The van der Waals surface area contributed by atoms with E-state index in [9.17, 15) is 4.79 Å². The molecule has 4 rings (SSSR count). The summed E-state index contributed by atoms with van der Waals surface area (Å²) in [4.78, 5) is 12.3. The first kappa shape index (κ1) is 20.1. The number of aromatic nitrogens is 1. The standard InChI is InChI=1S/C25H28N2O3/c1-27-16-20(21-7-5-9-23(29-2)25(21)27)12-13-24(28)26-15-14-19-6-3-4-8-22(19)30-17-18-10-11-18/h3-9,12-13,16,18H,10-11,14-15,17H2,1-2H3,(H,26,28)/b13-12+. The fourth-order valence-electron chi connectivity index (χ4n) is 3.65. The molecule has 0 aliphatic heterocycles. The molecule has 0 saturated heterocycles. The molecule has 0 radical (unpaired) electrons. The fourth-order valence-corrected chi connectivity index (χ4v) is 3.65. The number of hydrogen-bond acceptors (Lipinski definition) is 3. The van der Waals surface area contributed by atoms with Gasteiger partial charge >= 0.3 is 0 Å². The van der Waals surface area contributed by atoms with Crippen molar-refractivity contribution in [3.8, 4) is 11.5 Å². The van der Waals surface area contributed by atoms with Crippen LogP contribution in [0.2, 0.25) is 0 Å². The third-order valence-corrected chi connectivity index (χ3v) is 5.47. The molecule has 1 heterocycles. The van der Waals surface area contributed by atoms with Crippen molar-refractivity contribution in [1.82, 2.24) is 9.88 Å². The van der Waals surface area contributed by atoms with E-state index >= 15 is 0 Å². The minimum Gasteiger partial charge on any atom is -0.495 e. The highest BCUT2D eigenvalue weighted by Crippen LogP contribution is 2.31. The second-order valence-electron chi connectivity index (χ2n) is 7.79. The topological polar surface area (TPSA) is 52.5 Å². The predicted molar refractivity (Wildman–Crippen MR) is 120 cm³/mol. The van der Waals surface area contributed by atoms with Gasteiger partial charge in [-0.25, -0.2) is 0 Å². The van der Waals surface area contributed by atoms with E-state index < -0.39 is 0 Å². The number of aryl methyl sites for hydroxylation is 1. The van der Waals surface area contributed by atoms with Gasteiger partial charge in [0.15, 0.2) is 0 Å². The van der Waals surface area contributed by atoms with Gasteiger partial charge in [-0.05, 0) is 49.0 Å². The van der Waals surface area contributed by atoms with Gasteiger partial charge in [-0.2, -0.15) is 0 Å². The Morgan fingerprint density at radius 1 is 1.17 bits per heavy atom. The minimum absolute atomic E-state index is 0.105. The molecule has 5 heteroatoms. The number of carbonyl (C=O) groups excluding carboxylic acids is 1. The fraction of sp³-hybridized carbons (Fsp3) is 0.320. The zero-order valence-corrected chi connectivity index (χ0v) is 17.6. The van der Waals surface area contributed by atoms with Crippen LogP contribution in [-0.2, 0) is 18.3 Å². The van der Waals surface area contributed by atoms with Crippen LogP contribution in [0.3, 0.4) is 0 Å². The average Bonchev–Trinajstić information content (AvgIpc) is 3.54. The summed E-state index contributed by atoms with van der Waals surface area (Å²) >= 11 is 0. The third kappa shape index (κ3) is 4.67. The van der Waals surface area contributed by atoms with Crippen molar-refractivity contribution in [1.29, 1.82) is 0 Å². The smallest absolute Gasteiger partial charge is 0.244 e. The quantitative estimate of drug-likeness (QED) is 0.540. The van der Waals surface area contributed by atoms with Gasteiger partial charge in [0, 0.05) is 36.8 Å². The molecule has 1 amide bonds. The van der Waals surface area contributed by atoms with E-state index in [1.54, 1.807) is 13.2 Å². The van der Waals surface area contributed by atoms with Gasteiger partial charge in [0.25, 0.3) is 0 Å². The molecule has 1 aliphatic rings. The molecular weight excluding hydrogens is 376 g/mol. The van der Waals surface area contributed by atoms with Gasteiger partial charge in [0.1, 0.15) is 11.5 Å². The number of benzene rings is 2. The SMILES string of the molecule is COc1cccc2c(/C=C/C(=O)NCCc3ccccc3OCC3CC3)cn(C)c12. The predicted octanol–water partition coefficient (Wildman–Crippen LogP) is 4.35. The first-order chi connectivity index (χ1) is 14.7. The zero-order valence-electron chi connectivity index (χ0n) is 17.6. The second-order valence-corrected chi connectivity index (χ2v) is 7.79. The van der Waals surface area contributed by atoms with Crippen molar-refractivity contribution in [2.24, 2.45) is 13.0 Å². The number of nitrogens with one attached hydrogen (secondary N) is 1. The van der Waals surface area contributed by atoms with E-state index in [1.165, 1.54) is 12.8 Å². The van der Waals surface area contributed by atoms with Crippen molar-refractivity contribution in [3.63, 3.8) is 0 Å². The number of para-hydroxylation sites is 2. The Kier molecular flexibility index (Phi) is 6.07. The molecule has 1 saturated carbocycles. The Labute approximate surface area is 177 Å². The lowest BCUT2D eigenvalue weighted by atomic mass is 10.1. The highest BCUT2D eigenvalue weighted by molar-refractivity contribution is 5.98. The minimum atomic E-state index is -0.105. The Morgan fingerprint density at radius 2 is 1.97 bits per heavy atom. The Hall–Kier alpha value is -3.21. The van der Waals surface area contributed by atoms with Gasteiger partial charge in [-0.15, -0.1) is 0 Å². The number of fused-ring (bicyclic) bond motifs is 1. The van der Waals surface area contributed by atoms with Gasteiger partial charge in [-0.3, -0.25) is 4.79 Å². The van der Waals surface area contributed by atoms with E-state index in [-0.39, 0.29) is 5.91 Å².